The van der Waals surface area contributed by atoms with Crippen LogP contribution in [-0.2, 0) is 52.3 Å². The van der Waals surface area contributed by atoms with Gasteiger partial charge in [-0.15, -0.1) is 0 Å². The molecule has 0 aromatic heterocycles. The summed E-state index contributed by atoms with van der Waals surface area (Å²) in [5, 5.41) is 8.85. The van der Waals surface area contributed by atoms with Crippen molar-refractivity contribution >= 4 is 23.9 Å². The first-order valence-corrected chi connectivity index (χ1v) is 22.8. The average molecular weight is 937 g/mol. The van der Waals surface area contributed by atoms with Crippen LogP contribution in [0.3, 0.4) is 0 Å². The zero-order valence-corrected chi connectivity index (χ0v) is 36.5. The van der Waals surface area contributed by atoms with Gasteiger partial charge in [0.1, 0.15) is 5.60 Å². The van der Waals surface area contributed by atoms with E-state index in [4.69, 9.17) is 38.3 Å². The van der Waals surface area contributed by atoms with Crippen molar-refractivity contribution in [3.63, 3.8) is 0 Å². The van der Waals surface area contributed by atoms with Gasteiger partial charge in [0.2, 0.25) is 0 Å². The number of ether oxygens (including phenoxy) is 7. The summed E-state index contributed by atoms with van der Waals surface area (Å²) in [5.74, 6) is -0.446. The van der Waals surface area contributed by atoms with E-state index in [1.807, 2.05) is 13.8 Å². The Morgan fingerprint density at radius 3 is 1.18 bits per heavy atom. The van der Waals surface area contributed by atoms with E-state index in [0.29, 0.717) is 31.5 Å². The highest BCUT2D eigenvalue weighted by Crippen LogP contribution is 2.42. The maximum absolute atomic E-state index is 12.5. The van der Waals surface area contributed by atoms with Crippen molar-refractivity contribution in [3.05, 3.63) is 0 Å². The van der Waals surface area contributed by atoms with Gasteiger partial charge in [0.25, 0.3) is 0 Å². The van der Waals surface area contributed by atoms with Crippen LogP contribution in [0.5, 0.6) is 0 Å². The van der Waals surface area contributed by atoms with Crippen LogP contribution in [0.25, 0.3) is 0 Å². The number of carbonyl (C=O) groups excluding carboxylic acids is 3. The molecule has 0 aromatic rings. The van der Waals surface area contributed by atoms with E-state index >= 15 is 0 Å². The molecular formula is C53H108O12. The van der Waals surface area contributed by atoms with Gasteiger partial charge in [-0.25, -0.2) is 0 Å². The number of fused-ring (bicyclic) bond motifs is 2. The van der Waals surface area contributed by atoms with E-state index in [1.165, 1.54) is 12.8 Å². The minimum Gasteiger partial charge on any atom is -0.481 e. The summed E-state index contributed by atoms with van der Waals surface area (Å²) < 4.78 is 39.1. The number of aliphatic carboxylic acids is 1. The molecule has 6 heterocycles. The van der Waals surface area contributed by atoms with Gasteiger partial charge in [-0.2, -0.15) is 0 Å². The molecule has 7 fully saturated rings. The van der Waals surface area contributed by atoms with E-state index in [0.717, 1.165) is 77.0 Å². The summed E-state index contributed by atoms with van der Waals surface area (Å²) in [6.45, 7) is 19.8. The lowest BCUT2D eigenvalue weighted by Crippen LogP contribution is -2.36. The minimum atomic E-state index is -0.710. The molecule has 0 aromatic carbocycles. The molecule has 0 radical (unpaired) electrons. The van der Waals surface area contributed by atoms with Crippen LogP contribution in [0.2, 0.25) is 0 Å². The van der Waals surface area contributed by atoms with Gasteiger partial charge in [-0.05, 0) is 96.3 Å². The highest BCUT2D eigenvalue weighted by molar-refractivity contribution is 5.76. The van der Waals surface area contributed by atoms with Crippen molar-refractivity contribution in [2.45, 2.75) is 272 Å². The zero-order valence-electron chi connectivity index (χ0n) is 36.5. The monoisotopic (exact) mass is 937 g/mol. The molecular weight excluding hydrogens is 829 g/mol. The molecule has 0 spiro atoms. The lowest BCUT2D eigenvalue weighted by molar-refractivity contribution is -0.167. The van der Waals surface area contributed by atoms with E-state index in [-0.39, 0.29) is 155 Å². The fraction of sp³-hybridized carbons (Fsp3) is 0.925. The zero-order chi connectivity index (χ0) is 41.9. The molecule has 6 aliphatic heterocycles. The van der Waals surface area contributed by atoms with Gasteiger partial charge >= 0.3 is 23.9 Å². The standard InChI is InChI=1S/C16H28O3.2C10H16O3.C9H16O3.8CH4/c1-4-12-11-13(14(5-2)18-12)15(17)19-16(6-3)9-7-8-10-16;2*1-3-7-6-5-12-10(11)9(6)8(4-2)13-7;1-3-6-5-7(9(10)11)8(4-2)12-6;;;;;;;;/h12-14H,4-11H2,1-3H3;2*6-9H,3-5H2,1-2H3;6-8H,3-5H2,1-2H3,(H,10,11);8*1H4. The van der Waals surface area contributed by atoms with Crippen LogP contribution < -0.4 is 0 Å². The Bertz CT molecular complexity index is 1240. The van der Waals surface area contributed by atoms with Crippen molar-refractivity contribution in [2.75, 3.05) is 13.2 Å². The van der Waals surface area contributed by atoms with E-state index in [9.17, 15) is 19.2 Å². The summed E-state index contributed by atoms with van der Waals surface area (Å²) in [4.78, 5) is 46.0. The summed E-state index contributed by atoms with van der Waals surface area (Å²) >= 11 is 0. The van der Waals surface area contributed by atoms with E-state index in [2.05, 4.69) is 48.5 Å². The second kappa shape index (κ2) is 34.1. The first-order chi connectivity index (χ1) is 27.4. The third-order valence-electron chi connectivity index (χ3n) is 13.8. The largest absolute Gasteiger partial charge is 0.481 e. The Labute approximate surface area is 401 Å². The summed E-state index contributed by atoms with van der Waals surface area (Å²) in [6.07, 6.45) is 15.4. The number of rotatable bonds is 12. The Balaban J connectivity index is -0.000000240. The summed E-state index contributed by atoms with van der Waals surface area (Å²) in [6, 6.07) is 0. The molecule has 0 amide bonds. The smallest absolute Gasteiger partial charge is 0.312 e. The van der Waals surface area contributed by atoms with Crippen LogP contribution in [0.4, 0.5) is 0 Å². The topological polar surface area (TPSA) is 153 Å². The SMILES string of the molecule is C.C.C.C.C.C.C.C.CCC1CC(C(=O)O)C(CC)O1.CCC1CC(C(=O)OC2(CC)CCCC2)C(CC)O1.CCC1OC(CC)C2C(=O)OCC12.CCC1OC(CC)C2C(=O)OCC12. The Hall–Kier alpha value is -2.28. The average Bonchev–Trinajstić information content (AvgIpc) is 4.09. The van der Waals surface area contributed by atoms with Crippen LogP contribution >= 0.6 is 0 Å². The third-order valence-corrected chi connectivity index (χ3v) is 13.8. The number of carboxylic acid groups (broad SMARTS) is 1. The van der Waals surface area contributed by atoms with Crippen molar-refractivity contribution in [3.8, 4) is 0 Å². The van der Waals surface area contributed by atoms with Crippen molar-refractivity contribution in [1.82, 2.24) is 0 Å². The quantitative estimate of drug-likeness (QED) is 0.146. The van der Waals surface area contributed by atoms with Crippen LogP contribution in [0.1, 0.15) is 218 Å². The predicted molar refractivity (Wildman–Crippen MR) is 268 cm³/mol. The first kappa shape index (κ1) is 71.7. The van der Waals surface area contributed by atoms with Gasteiger partial charge in [0, 0.05) is 11.8 Å². The Kier molecular flexibility index (Phi) is 37.6. The molecule has 7 rings (SSSR count). The maximum atomic E-state index is 12.5. The van der Waals surface area contributed by atoms with Gasteiger partial charge in [0.05, 0.1) is 85.7 Å². The first-order valence-electron chi connectivity index (χ1n) is 22.8. The van der Waals surface area contributed by atoms with Gasteiger partial charge < -0.3 is 38.3 Å². The van der Waals surface area contributed by atoms with Gasteiger partial charge in [-0.1, -0.05) is 122 Å². The molecule has 6 saturated heterocycles. The highest BCUT2D eigenvalue weighted by atomic mass is 16.6. The molecule has 7 aliphatic rings. The third kappa shape index (κ3) is 17.3. The molecule has 1 saturated carbocycles. The normalized spacial score (nSPS) is 33.7. The summed E-state index contributed by atoms with van der Waals surface area (Å²) in [7, 11) is 0. The molecule has 392 valence electrons. The van der Waals surface area contributed by atoms with Crippen LogP contribution in [0.15, 0.2) is 0 Å². The number of carbonyl (C=O) groups is 4. The van der Waals surface area contributed by atoms with Crippen molar-refractivity contribution < 1.29 is 57.4 Å². The molecule has 65 heavy (non-hydrogen) atoms. The molecule has 12 nitrogen and oxygen atoms in total. The number of hydrogen-bond donors (Lipinski definition) is 1. The number of carboxylic acids is 1. The van der Waals surface area contributed by atoms with Gasteiger partial charge in [0.15, 0.2) is 0 Å². The lowest BCUT2D eigenvalue weighted by atomic mass is 9.88. The van der Waals surface area contributed by atoms with E-state index < -0.39 is 5.97 Å². The number of hydrogen-bond acceptors (Lipinski definition) is 11. The Morgan fingerprint density at radius 2 is 0.877 bits per heavy atom. The second-order valence-corrected chi connectivity index (χ2v) is 17.1. The van der Waals surface area contributed by atoms with Crippen molar-refractivity contribution in [1.29, 1.82) is 0 Å². The second-order valence-electron chi connectivity index (χ2n) is 17.1. The molecule has 14 unspecified atom stereocenters. The minimum absolute atomic E-state index is 0. The molecule has 0 bridgehead atoms. The molecule has 14 atom stereocenters. The van der Waals surface area contributed by atoms with Crippen molar-refractivity contribution in [2.24, 2.45) is 35.5 Å². The molecule has 12 heteroatoms. The fourth-order valence-electron chi connectivity index (χ4n) is 10.3. The fourth-order valence-corrected chi connectivity index (χ4v) is 10.3. The lowest BCUT2D eigenvalue weighted by Gasteiger charge is -2.30. The Morgan fingerprint density at radius 1 is 0.523 bits per heavy atom. The van der Waals surface area contributed by atoms with E-state index in [1.54, 1.807) is 0 Å². The highest BCUT2D eigenvalue weighted by Gasteiger charge is 2.53. The molecule has 1 aliphatic carbocycles. The van der Waals surface area contributed by atoms with Crippen LogP contribution in [-0.4, -0.2) is 96.6 Å². The number of esters is 3. The number of cyclic esters (lactones) is 2. The maximum Gasteiger partial charge on any atom is 0.312 e. The summed E-state index contributed by atoms with van der Waals surface area (Å²) in [5.41, 5.74) is -0.167. The van der Waals surface area contributed by atoms with Crippen LogP contribution in [0, 0.1) is 35.5 Å². The van der Waals surface area contributed by atoms with Gasteiger partial charge in [-0.3, -0.25) is 19.2 Å². The molecule has 1 N–H and O–H groups in total. The predicted octanol–water partition coefficient (Wildman–Crippen LogP) is 13.3.